The van der Waals surface area contributed by atoms with Crippen LogP contribution < -0.4 is 10.5 Å². The maximum Gasteiger partial charge on any atom is 0.232 e. The van der Waals surface area contributed by atoms with Crippen molar-refractivity contribution in [3.8, 4) is 5.88 Å². The molecule has 2 N–H and O–H groups in total. The fourth-order valence-electron chi connectivity index (χ4n) is 2.02. The Labute approximate surface area is 107 Å². The topological polar surface area (TPSA) is 61.0 Å². The summed E-state index contributed by atoms with van der Waals surface area (Å²) in [4.78, 5) is 8.53. The summed E-state index contributed by atoms with van der Waals surface area (Å²) in [5.74, 6) is 1.38. The Hall–Kier alpha value is -1.23. The maximum absolute atomic E-state index is 5.78. The highest BCUT2D eigenvalue weighted by molar-refractivity contribution is 7.80. The molecule has 0 saturated heterocycles. The van der Waals surface area contributed by atoms with Gasteiger partial charge in [0, 0.05) is 0 Å². The molecule has 0 bridgehead atoms. The lowest BCUT2D eigenvalue weighted by molar-refractivity contribution is 0.129. The summed E-state index contributed by atoms with van der Waals surface area (Å²) in [7, 11) is 0. The van der Waals surface area contributed by atoms with Crippen LogP contribution in [0.15, 0.2) is 12.4 Å². The first kappa shape index (κ1) is 12.2. The summed E-state index contributed by atoms with van der Waals surface area (Å²) in [6.45, 7) is 2.28. The van der Waals surface area contributed by atoms with Crippen LogP contribution in [-0.4, -0.2) is 21.1 Å². The van der Waals surface area contributed by atoms with Crippen LogP contribution in [0.1, 0.15) is 38.3 Å². The Morgan fingerprint density at radius 2 is 2.00 bits per heavy atom. The number of thiocarbonyl (C=S) groups is 1. The quantitative estimate of drug-likeness (QED) is 0.833. The summed E-state index contributed by atoms with van der Waals surface area (Å²) >= 11 is 4.81. The summed E-state index contributed by atoms with van der Waals surface area (Å²) in [6.07, 6.45) is 8.07. The maximum atomic E-state index is 5.78. The van der Waals surface area contributed by atoms with Crippen LogP contribution in [0.4, 0.5) is 0 Å². The lowest BCUT2D eigenvalue weighted by Gasteiger charge is -2.26. The highest BCUT2D eigenvalue weighted by Crippen LogP contribution is 2.26. The summed E-state index contributed by atoms with van der Waals surface area (Å²) in [6, 6.07) is 0. The number of ether oxygens (including phenoxy) is 1. The van der Waals surface area contributed by atoms with E-state index in [4.69, 9.17) is 22.7 Å². The van der Waals surface area contributed by atoms with Gasteiger partial charge < -0.3 is 10.5 Å². The van der Waals surface area contributed by atoms with Crippen LogP contribution in [0.3, 0.4) is 0 Å². The molecule has 0 atom stereocenters. The first-order valence-electron chi connectivity index (χ1n) is 5.93. The van der Waals surface area contributed by atoms with Crippen LogP contribution >= 0.6 is 12.2 Å². The normalized spacial score (nSPS) is 24.3. The van der Waals surface area contributed by atoms with E-state index in [0.717, 1.165) is 18.8 Å². The summed E-state index contributed by atoms with van der Waals surface area (Å²) in [5, 5.41) is 0. The van der Waals surface area contributed by atoms with Gasteiger partial charge >= 0.3 is 0 Å². The highest BCUT2D eigenvalue weighted by Gasteiger charge is 2.19. The van der Waals surface area contributed by atoms with Crippen molar-refractivity contribution < 1.29 is 4.74 Å². The van der Waals surface area contributed by atoms with Gasteiger partial charge in [-0.15, -0.1) is 0 Å². The molecule has 0 aliphatic heterocycles. The fraction of sp³-hybridized carbons (Fsp3) is 0.583. The third-order valence-electron chi connectivity index (χ3n) is 3.13. The van der Waals surface area contributed by atoms with Crippen molar-refractivity contribution in [1.29, 1.82) is 0 Å². The Balaban J connectivity index is 1.92. The molecule has 0 amide bonds. The minimum atomic E-state index is 0.260. The van der Waals surface area contributed by atoms with Crippen LogP contribution in [0, 0.1) is 5.92 Å². The second kappa shape index (κ2) is 5.40. The monoisotopic (exact) mass is 251 g/mol. The van der Waals surface area contributed by atoms with Crippen molar-refractivity contribution in [2.24, 2.45) is 11.7 Å². The van der Waals surface area contributed by atoms with Crippen LogP contribution in [-0.2, 0) is 0 Å². The van der Waals surface area contributed by atoms with E-state index >= 15 is 0 Å². The molecule has 1 aromatic heterocycles. The molecule has 2 rings (SSSR count). The van der Waals surface area contributed by atoms with E-state index in [1.807, 2.05) is 0 Å². The van der Waals surface area contributed by atoms with Gasteiger partial charge in [0.25, 0.3) is 0 Å². The van der Waals surface area contributed by atoms with Crippen molar-refractivity contribution in [3.63, 3.8) is 0 Å². The third kappa shape index (κ3) is 3.36. The minimum absolute atomic E-state index is 0.260. The number of aromatic nitrogens is 2. The molecular formula is C12H17N3OS. The van der Waals surface area contributed by atoms with Crippen molar-refractivity contribution in [3.05, 3.63) is 18.1 Å². The molecule has 1 aliphatic rings. The summed E-state index contributed by atoms with van der Waals surface area (Å²) in [5.41, 5.74) is 5.98. The molecule has 1 fully saturated rings. The van der Waals surface area contributed by atoms with Crippen molar-refractivity contribution in [2.45, 2.75) is 38.7 Å². The number of nitrogens with two attached hydrogens (primary N) is 1. The predicted octanol–water partition coefficient (Wildman–Crippen LogP) is 2.07. The number of rotatable bonds is 3. The Kier molecular flexibility index (Phi) is 3.89. The van der Waals surface area contributed by atoms with E-state index in [2.05, 4.69) is 16.9 Å². The van der Waals surface area contributed by atoms with Crippen LogP contribution in [0.25, 0.3) is 0 Å². The Morgan fingerprint density at radius 3 is 2.53 bits per heavy atom. The van der Waals surface area contributed by atoms with Crippen molar-refractivity contribution >= 4 is 17.2 Å². The van der Waals surface area contributed by atoms with E-state index < -0.39 is 0 Å². The first-order chi connectivity index (χ1) is 8.15. The zero-order valence-electron chi connectivity index (χ0n) is 9.93. The van der Waals surface area contributed by atoms with Gasteiger partial charge in [-0.2, -0.15) is 0 Å². The molecular weight excluding hydrogens is 234 g/mol. The van der Waals surface area contributed by atoms with Crippen LogP contribution in [0.5, 0.6) is 5.88 Å². The largest absolute Gasteiger partial charge is 0.473 e. The molecule has 17 heavy (non-hydrogen) atoms. The van der Waals surface area contributed by atoms with E-state index in [1.165, 1.54) is 12.8 Å². The second-order valence-electron chi connectivity index (χ2n) is 4.60. The number of nitrogens with zero attached hydrogens (tertiary/aromatic N) is 2. The predicted molar refractivity (Wildman–Crippen MR) is 70.0 cm³/mol. The molecule has 0 radical (unpaired) electrons. The van der Waals surface area contributed by atoms with Crippen molar-refractivity contribution in [2.75, 3.05) is 0 Å². The molecule has 0 aromatic carbocycles. The lowest BCUT2D eigenvalue weighted by atomic mass is 9.89. The molecule has 1 aromatic rings. The van der Waals surface area contributed by atoms with Gasteiger partial charge in [0.1, 0.15) is 16.8 Å². The Bertz CT molecular complexity index is 385. The van der Waals surface area contributed by atoms with E-state index in [0.29, 0.717) is 11.6 Å². The average Bonchev–Trinajstić information content (AvgIpc) is 2.33. The molecule has 4 nitrogen and oxygen atoms in total. The summed E-state index contributed by atoms with van der Waals surface area (Å²) < 4.78 is 5.78. The molecule has 1 heterocycles. The minimum Gasteiger partial charge on any atom is -0.473 e. The smallest absolute Gasteiger partial charge is 0.232 e. The van der Waals surface area contributed by atoms with Gasteiger partial charge in [-0.3, -0.25) is 0 Å². The lowest BCUT2D eigenvalue weighted by Crippen LogP contribution is -2.23. The Morgan fingerprint density at radius 1 is 1.29 bits per heavy atom. The molecule has 92 valence electrons. The molecule has 5 heteroatoms. The van der Waals surface area contributed by atoms with Gasteiger partial charge in [0.15, 0.2) is 0 Å². The van der Waals surface area contributed by atoms with Crippen LogP contribution in [0.2, 0.25) is 0 Å². The molecule has 1 aliphatic carbocycles. The van der Waals surface area contributed by atoms with Gasteiger partial charge in [-0.1, -0.05) is 19.1 Å². The van der Waals surface area contributed by atoms with E-state index in [1.54, 1.807) is 12.4 Å². The SMILES string of the molecule is CC1CCC(Oc2cnc(C(N)=S)cn2)CC1. The second-order valence-corrected chi connectivity index (χ2v) is 5.04. The zero-order chi connectivity index (χ0) is 12.3. The van der Waals surface area contributed by atoms with Gasteiger partial charge in [0.05, 0.1) is 12.4 Å². The van der Waals surface area contributed by atoms with E-state index in [-0.39, 0.29) is 11.1 Å². The first-order valence-corrected chi connectivity index (χ1v) is 6.34. The fourth-order valence-corrected chi connectivity index (χ4v) is 2.13. The van der Waals surface area contributed by atoms with Crippen molar-refractivity contribution in [1.82, 2.24) is 9.97 Å². The van der Waals surface area contributed by atoms with E-state index in [9.17, 15) is 0 Å². The number of hydrogen-bond acceptors (Lipinski definition) is 4. The third-order valence-corrected chi connectivity index (χ3v) is 3.34. The molecule has 0 spiro atoms. The number of hydrogen-bond donors (Lipinski definition) is 1. The average molecular weight is 251 g/mol. The van der Waals surface area contributed by atoms with Gasteiger partial charge in [-0.05, 0) is 31.6 Å². The molecule has 0 unspecified atom stereocenters. The van der Waals surface area contributed by atoms with Gasteiger partial charge in [0.2, 0.25) is 5.88 Å². The van der Waals surface area contributed by atoms with Gasteiger partial charge in [-0.25, -0.2) is 9.97 Å². The standard InChI is InChI=1S/C12H17N3OS/c1-8-2-4-9(5-3-8)16-11-7-14-10(6-15-11)12(13)17/h6-9H,2-5H2,1H3,(H2,13,17). The molecule has 1 saturated carbocycles. The highest BCUT2D eigenvalue weighted by atomic mass is 32.1. The zero-order valence-corrected chi connectivity index (χ0v) is 10.7.